The molecular weight excluding hydrogens is 234 g/mol. The summed E-state index contributed by atoms with van der Waals surface area (Å²) in [6.45, 7) is 4.81. The van der Waals surface area contributed by atoms with Gasteiger partial charge in [-0.1, -0.05) is 0 Å². The zero-order chi connectivity index (χ0) is 13.5. The number of nitrogens with zero attached hydrogens (tertiary/aromatic N) is 1. The highest BCUT2D eigenvalue weighted by atomic mass is 16.6. The lowest BCUT2D eigenvalue weighted by molar-refractivity contribution is -0.136. The highest BCUT2D eigenvalue weighted by Gasteiger charge is 2.50. The van der Waals surface area contributed by atoms with Gasteiger partial charge in [0.2, 0.25) is 0 Å². The van der Waals surface area contributed by atoms with Crippen LogP contribution in [-0.4, -0.2) is 34.3 Å². The number of carbonyl (C=O) groups is 3. The third kappa shape index (κ3) is 2.13. The SMILES string of the molecule is CC(=O)C1CCC(N2C(=O)OC(C)(C)C2=O)CC1. The van der Waals surface area contributed by atoms with E-state index in [1.807, 2.05) is 0 Å². The lowest BCUT2D eigenvalue weighted by Gasteiger charge is -2.31. The van der Waals surface area contributed by atoms with E-state index in [-0.39, 0.29) is 23.7 Å². The predicted molar refractivity (Wildman–Crippen MR) is 63.8 cm³/mol. The summed E-state index contributed by atoms with van der Waals surface area (Å²) in [5, 5.41) is 0. The molecule has 0 spiro atoms. The highest BCUT2D eigenvalue weighted by molar-refractivity contribution is 6.02. The Bertz CT molecular complexity index is 394. The average Bonchev–Trinajstić information content (AvgIpc) is 2.48. The van der Waals surface area contributed by atoms with Crippen molar-refractivity contribution in [2.75, 3.05) is 0 Å². The number of carbonyl (C=O) groups excluding carboxylic acids is 3. The monoisotopic (exact) mass is 253 g/mol. The van der Waals surface area contributed by atoms with Crippen LogP contribution in [0.2, 0.25) is 0 Å². The molecule has 2 rings (SSSR count). The number of hydrogen-bond donors (Lipinski definition) is 0. The van der Waals surface area contributed by atoms with Crippen molar-refractivity contribution >= 4 is 17.8 Å². The number of Topliss-reactive ketones (excluding diaryl/α,β-unsaturated/α-hetero) is 1. The number of imide groups is 1. The summed E-state index contributed by atoms with van der Waals surface area (Å²) in [5.41, 5.74) is -1.05. The Morgan fingerprint density at radius 1 is 1.22 bits per heavy atom. The fourth-order valence-corrected chi connectivity index (χ4v) is 2.74. The summed E-state index contributed by atoms with van der Waals surface area (Å²) < 4.78 is 5.07. The van der Waals surface area contributed by atoms with Crippen molar-refractivity contribution < 1.29 is 19.1 Å². The van der Waals surface area contributed by atoms with Gasteiger partial charge in [0.05, 0.1) is 0 Å². The van der Waals surface area contributed by atoms with Gasteiger partial charge in [-0.3, -0.25) is 9.59 Å². The first-order chi connectivity index (χ1) is 8.33. The molecule has 1 aliphatic heterocycles. The fourth-order valence-electron chi connectivity index (χ4n) is 2.74. The molecular formula is C13H19NO4. The first-order valence-electron chi connectivity index (χ1n) is 6.40. The molecule has 2 amide bonds. The molecule has 0 N–H and O–H groups in total. The summed E-state index contributed by atoms with van der Waals surface area (Å²) in [6, 6.07) is -0.109. The Balaban J connectivity index is 2.04. The second-order valence-electron chi connectivity index (χ2n) is 5.67. The number of amides is 2. The number of cyclic esters (lactones) is 1. The standard InChI is InChI=1S/C13H19NO4/c1-8(15)9-4-6-10(7-5-9)14-11(16)13(2,3)18-12(14)17/h9-10H,4-7H2,1-3H3. The molecule has 5 heteroatoms. The van der Waals surface area contributed by atoms with Crippen LogP contribution < -0.4 is 0 Å². The quantitative estimate of drug-likeness (QED) is 0.754. The molecule has 0 aromatic heterocycles. The van der Waals surface area contributed by atoms with Gasteiger partial charge in [-0.25, -0.2) is 9.69 Å². The summed E-state index contributed by atoms with van der Waals surface area (Å²) in [4.78, 5) is 36.3. The van der Waals surface area contributed by atoms with E-state index in [9.17, 15) is 14.4 Å². The molecule has 1 saturated carbocycles. The number of hydrogen-bond acceptors (Lipinski definition) is 4. The van der Waals surface area contributed by atoms with E-state index in [0.717, 1.165) is 12.8 Å². The van der Waals surface area contributed by atoms with Crippen molar-refractivity contribution in [2.45, 2.75) is 58.1 Å². The van der Waals surface area contributed by atoms with Crippen molar-refractivity contribution in [3.05, 3.63) is 0 Å². The van der Waals surface area contributed by atoms with Gasteiger partial charge in [0.15, 0.2) is 5.60 Å². The molecule has 0 aromatic carbocycles. The fraction of sp³-hybridized carbons (Fsp3) is 0.769. The Labute approximate surface area is 106 Å². The Morgan fingerprint density at radius 3 is 2.17 bits per heavy atom. The number of ketones is 1. The summed E-state index contributed by atoms with van der Waals surface area (Å²) in [7, 11) is 0. The molecule has 0 radical (unpaired) electrons. The van der Waals surface area contributed by atoms with E-state index in [1.54, 1.807) is 20.8 Å². The zero-order valence-corrected chi connectivity index (χ0v) is 11.1. The molecule has 0 atom stereocenters. The van der Waals surface area contributed by atoms with Gasteiger partial charge in [-0.2, -0.15) is 0 Å². The van der Waals surface area contributed by atoms with Crippen molar-refractivity contribution in [3.63, 3.8) is 0 Å². The Morgan fingerprint density at radius 2 is 1.78 bits per heavy atom. The van der Waals surface area contributed by atoms with Gasteiger partial charge < -0.3 is 4.74 Å². The van der Waals surface area contributed by atoms with Crippen molar-refractivity contribution in [3.8, 4) is 0 Å². The topological polar surface area (TPSA) is 63.7 Å². The minimum atomic E-state index is -1.05. The van der Waals surface area contributed by atoms with Crippen molar-refractivity contribution in [2.24, 2.45) is 5.92 Å². The van der Waals surface area contributed by atoms with E-state index in [2.05, 4.69) is 0 Å². The van der Waals surface area contributed by atoms with Gasteiger partial charge in [-0.15, -0.1) is 0 Å². The first kappa shape index (κ1) is 13.1. The number of rotatable bonds is 2. The van der Waals surface area contributed by atoms with Crippen molar-refractivity contribution in [1.29, 1.82) is 0 Å². The van der Waals surface area contributed by atoms with E-state index < -0.39 is 11.7 Å². The van der Waals surface area contributed by atoms with Gasteiger partial charge in [-0.05, 0) is 46.5 Å². The maximum absolute atomic E-state index is 12.1. The highest BCUT2D eigenvalue weighted by Crippen LogP contribution is 2.33. The smallest absolute Gasteiger partial charge is 0.417 e. The Hall–Kier alpha value is -1.39. The summed E-state index contributed by atoms with van der Waals surface area (Å²) >= 11 is 0. The molecule has 100 valence electrons. The largest absolute Gasteiger partial charge is 0.433 e. The van der Waals surface area contributed by atoms with Crippen LogP contribution in [-0.2, 0) is 14.3 Å². The lowest BCUT2D eigenvalue weighted by Crippen LogP contribution is -2.44. The molecule has 1 heterocycles. The molecule has 2 aliphatic rings. The van der Waals surface area contributed by atoms with Crippen LogP contribution in [0.15, 0.2) is 0 Å². The third-order valence-corrected chi connectivity index (χ3v) is 3.91. The molecule has 1 saturated heterocycles. The molecule has 5 nitrogen and oxygen atoms in total. The second kappa shape index (κ2) is 4.37. The second-order valence-corrected chi connectivity index (χ2v) is 5.67. The zero-order valence-electron chi connectivity index (χ0n) is 11.1. The van der Waals surface area contributed by atoms with Crippen LogP contribution >= 0.6 is 0 Å². The maximum atomic E-state index is 12.1. The minimum absolute atomic E-state index is 0.0861. The normalized spacial score (nSPS) is 31.4. The van der Waals surface area contributed by atoms with Gasteiger partial charge in [0, 0.05) is 12.0 Å². The van der Waals surface area contributed by atoms with Crippen LogP contribution in [0, 0.1) is 5.92 Å². The van der Waals surface area contributed by atoms with Crippen LogP contribution in [0.25, 0.3) is 0 Å². The Kier molecular flexibility index (Phi) is 3.17. The first-order valence-corrected chi connectivity index (χ1v) is 6.40. The van der Waals surface area contributed by atoms with E-state index in [4.69, 9.17) is 4.74 Å². The van der Waals surface area contributed by atoms with E-state index in [1.165, 1.54) is 4.90 Å². The molecule has 2 fully saturated rings. The van der Waals surface area contributed by atoms with Gasteiger partial charge in [0.1, 0.15) is 5.78 Å². The number of ether oxygens (including phenoxy) is 1. The summed E-state index contributed by atoms with van der Waals surface area (Å²) in [5.74, 6) is 0.0193. The van der Waals surface area contributed by atoms with Gasteiger partial charge in [0.25, 0.3) is 5.91 Å². The lowest BCUT2D eigenvalue weighted by atomic mass is 9.83. The van der Waals surface area contributed by atoms with Gasteiger partial charge >= 0.3 is 6.09 Å². The average molecular weight is 253 g/mol. The van der Waals surface area contributed by atoms with Crippen LogP contribution in [0.1, 0.15) is 46.5 Å². The van der Waals surface area contributed by atoms with E-state index in [0.29, 0.717) is 12.8 Å². The molecule has 18 heavy (non-hydrogen) atoms. The van der Waals surface area contributed by atoms with Crippen LogP contribution in [0.3, 0.4) is 0 Å². The minimum Gasteiger partial charge on any atom is -0.433 e. The molecule has 0 unspecified atom stereocenters. The summed E-state index contributed by atoms with van der Waals surface area (Å²) in [6.07, 6.45) is 2.34. The predicted octanol–water partition coefficient (Wildman–Crippen LogP) is 1.89. The maximum Gasteiger partial charge on any atom is 0.417 e. The molecule has 0 aromatic rings. The van der Waals surface area contributed by atoms with E-state index >= 15 is 0 Å². The molecule has 1 aliphatic carbocycles. The van der Waals surface area contributed by atoms with Crippen LogP contribution in [0.4, 0.5) is 4.79 Å². The third-order valence-electron chi connectivity index (χ3n) is 3.91. The van der Waals surface area contributed by atoms with Crippen molar-refractivity contribution in [1.82, 2.24) is 4.90 Å². The van der Waals surface area contributed by atoms with Crippen LogP contribution in [0.5, 0.6) is 0 Å². The molecule has 0 bridgehead atoms.